The minimum atomic E-state index is -0.283. The summed E-state index contributed by atoms with van der Waals surface area (Å²) in [4.78, 5) is 27.5. The smallest absolute Gasteiger partial charge is 0.254 e. The highest BCUT2D eigenvalue weighted by molar-refractivity contribution is 6.00. The lowest BCUT2D eigenvalue weighted by molar-refractivity contribution is -0.116. The molecule has 33 heavy (non-hydrogen) atoms. The van der Waals surface area contributed by atoms with Crippen LogP contribution in [-0.4, -0.2) is 46.7 Å². The van der Waals surface area contributed by atoms with Crippen molar-refractivity contribution in [2.24, 2.45) is 0 Å². The predicted molar refractivity (Wildman–Crippen MR) is 130 cm³/mol. The molecular formula is C26H32N4O3. The van der Waals surface area contributed by atoms with Gasteiger partial charge in [-0.2, -0.15) is 5.10 Å². The molecule has 0 aliphatic carbocycles. The third-order valence-electron chi connectivity index (χ3n) is 5.44. The van der Waals surface area contributed by atoms with Gasteiger partial charge in [-0.15, -0.1) is 0 Å². The Labute approximate surface area is 195 Å². The van der Waals surface area contributed by atoms with Crippen molar-refractivity contribution in [1.82, 2.24) is 14.7 Å². The van der Waals surface area contributed by atoms with E-state index in [1.165, 1.54) is 4.90 Å². The van der Waals surface area contributed by atoms with Crippen molar-refractivity contribution in [3.05, 3.63) is 71.4 Å². The molecule has 7 nitrogen and oxygen atoms in total. The lowest BCUT2D eigenvalue weighted by Crippen LogP contribution is -2.38. The van der Waals surface area contributed by atoms with Crippen molar-refractivity contribution in [2.45, 2.75) is 40.0 Å². The zero-order valence-corrected chi connectivity index (χ0v) is 20.2. The van der Waals surface area contributed by atoms with Gasteiger partial charge in [-0.25, -0.2) is 4.68 Å². The van der Waals surface area contributed by atoms with Gasteiger partial charge >= 0.3 is 0 Å². The summed E-state index contributed by atoms with van der Waals surface area (Å²) in [5, 5.41) is 7.69. The van der Waals surface area contributed by atoms with Crippen LogP contribution in [0.5, 0.6) is 5.75 Å². The van der Waals surface area contributed by atoms with Crippen LogP contribution < -0.4 is 10.1 Å². The zero-order chi connectivity index (χ0) is 24.2. The fraction of sp³-hybridized carbons (Fsp3) is 0.346. The number of carbonyl (C=O) groups is 2. The molecule has 7 heteroatoms. The summed E-state index contributed by atoms with van der Waals surface area (Å²) in [6.45, 7) is 10.3. The maximum atomic E-state index is 13.0. The molecule has 0 bridgehead atoms. The number of likely N-dealkylation sites (N-methyl/N-ethyl adjacent to an activating group) is 1. The number of nitrogens with one attached hydrogen (secondary N) is 1. The largest absolute Gasteiger partial charge is 0.497 e. The highest BCUT2D eigenvalue weighted by Crippen LogP contribution is 2.27. The van der Waals surface area contributed by atoms with Crippen LogP contribution in [0.4, 0.5) is 5.82 Å². The first kappa shape index (κ1) is 24.0. The van der Waals surface area contributed by atoms with Crippen LogP contribution in [0.1, 0.15) is 49.3 Å². The number of methoxy groups -OCH3 is 1. The molecule has 0 aliphatic rings. The number of rotatable bonds is 7. The maximum absolute atomic E-state index is 13.0. The Morgan fingerprint density at radius 2 is 1.76 bits per heavy atom. The first-order valence-corrected chi connectivity index (χ1v) is 11.0. The molecule has 1 N–H and O–H groups in total. The van der Waals surface area contributed by atoms with Crippen LogP contribution in [0.15, 0.2) is 54.6 Å². The van der Waals surface area contributed by atoms with Gasteiger partial charge in [-0.1, -0.05) is 39.0 Å². The average Bonchev–Trinajstić information content (AvgIpc) is 3.21. The summed E-state index contributed by atoms with van der Waals surface area (Å²) in [5.41, 5.74) is 2.93. The Balaban J connectivity index is 1.85. The van der Waals surface area contributed by atoms with E-state index in [2.05, 4.69) is 26.1 Å². The van der Waals surface area contributed by atoms with Gasteiger partial charge in [0.05, 0.1) is 18.5 Å². The van der Waals surface area contributed by atoms with E-state index in [0.29, 0.717) is 17.9 Å². The van der Waals surface area contributed by atoms with Gasteiger partial charge in [0.25, 0.3) is 5.91 Å². The first-order chi connectivity index (χ1) is 15.6. The summed E-state index contributed by atoms with van der Waals surface area (Å²) >= 11 is 0. The Morgan fingerprint density at radius 1 is 1.09 bits per heavy atom. The second-order valence-corrected chi connectivity index (χ2v) is 8.96. The van der Waals surface area contributed by atoms with E-state index in [4.69, 9.17) is 9.84 Å². The zero-order valence-electron chi connectivity index (χ0n) is 20.2. The SMILES string of the molecule is CCN(CC(=O)Nc1cc(C(C)(C)C)nn1-c1ccc(OC)cc1)C(=O)c1ccccc1C. The molecular weight excluding hydrogens is 416 g/mol. The third-order valence-corrected chi connectivity index (χ3v) is 5.44. The third kappa shape index (κ3) is 5.61. The van der Waals surface area contributed by atoms with Crippen molar-refractivity contribution >= 4 is 17.6 Å². The van der Waals surface area contributed by atoms with E-state index >= 15 is 0 Å². The summed E-state index contributed by atoms with van der Waals surface area (Å²) in [7, 11) is 1.62. The van der Waals surface area contributed by atoms with Gasteiger partial charge in [-0.05, 0) is 49.7 Å². The number of aryl methyl sites for hydroxylation is 1. The highest BCUT2D eigenvalue weighted by Gasteiger charge is 2.23. The Morgan fingerprint density at radius 3 is 2.33 bits per heavy atom. The molecule has 1 heterocycles. The number of carbonyl (C=O) groups excluding carboxylic acids is 2. The van der Waals surface area contributed by atoms with Gasteiger partial charge in [0.1, 0.15) is 18.1 Å². The Bertz CT molecular complexity index is 1130. The second-order valence-electron chi connectivity index (χ2n) is 8.96. The molecule has 3 aromatic rings. The second kappa shape index (κ2) is 9.90. The molecule has 0 atom stereocenters. The summed E-state index contributed by atoms with van der Waals surface area (Å²) in [5.74, 6) is 0.842. The maximum Gasteiger partial charge on any atom is 0.254 e. The van der Waals surface area contributed by atoms with E-state index in [0.717, 1.165) is 22.7 Å². The van der Waals surface area contributed by atoms with Crippen molar-refractivity contribution in [3.8, 4) is 11.4 Å². The van der Waals surface area contributed by atoms with E-state index in [1.807, 2.05) is 62.4 Å². The van der Waals surface area contributed by atoms with Gasteiger partial charge in [-0.3, -0.25) is 9.59 Å². The lowest BCUT2D eigenvalue weighted by Gasteiger charge is -2.21. The first-order valence-electron chi connectivity index (χ1n) is 11.0. The highest BCUT2D eigenvalue weighted by atomic mass is 16.5. The van der Waals surface area contributed by atoms with Crippen molar-refractivity contribution in [2.75, 3.05) is 25.5 Å². The normalized spacial score (nSPS) is 11.2. The molecule has 0 radical (unpaired) electrons. The van der Waals surface area contributed by atoms with Crippen LogP contribution in [-0.2, 0) is 10.2 Å². The molecule has 1 aromatic heterocycles. The monoisotopic (exact) mass is 448 g/mol. The van der Waals surface area contributed by atoms with Crippen LogP contribution in [0.3, 0.4) is 0 Å². The predicted octanol–water partition coefficient (Wildman–Crippen LogP) is 4.59. The van der Waals surface area contributed by atoms with E-state index in [-0.39, 0.29) is 23.8 Å². The molecule has 0 spiro atoms. The molecule has 0 fully saturated rings. The summed E-state index contributed by atoms with van der Waals surface area (Å²) < 4.78 is 6.95. The fourth-order valence-corrected chi connectivity index (χ4v) is 3.42. The molecule has 0 aliphatic heterocycles. The van der Waals surface area contributed by atoms with Crippen LogP contribution >= 0.6 is 0 Å². The molecule has 3 rings (SSSR count). The average molecular weight is 449 g/mol. The fourth-order valence-electron chi connectivity index (χ4n) is 3.42. The van der Waals surface area contributed by atoms with E-state index in [1.54, 1.807) is 17.9 Å². The molecule has 0 saturated carbocycles. The minimum Gasteiger partial charge on any atom is -0.497 e. The van der Waals surface area contributed by atoms with Gasteiger partial charge in [0.2, 0.25) is 5.91 Å². The van der Waals surface area contributed by atoms with E-state index in [9.17, 15) is 9.59 Å². The van der Waals surface area contributed by atoms with Gasteiger partial charge in [0, 0.05) is 23.6 Å². The Kier molecular flexibility index (Phi) is 7.21. The summed E-state index contributed by atoms with van der Waals surface area (Å²) in [6, 6.07) is 16.7. The lowest BCUT2D eigenvalue weighted by atomic mass is 9.92. The molecule has 2 amide bonds. The number of hydrogen-bond donors (Lipinski definition) is 1. The van der Waals surface area contributed by atoms with Gasteiger partial charge < -0.3 is 15.0 Å². The van der Waals surface area contributed by atoms with Crippen LogP contribution in [0.25, 0.3) is 5.69 Å². The molecule has 0 unspecified atom stereocenters. The van der Waals surface area contributed by atoms with Crippen LogP contribution in [0.2, 0.25) is 0 Å². The number of amides is 2. The minimum absolute atomic E-state index is 0.0533. The van der Waals surface area contributed by atoms with Crippen molar-refractivity contribution < 1.29 is 14.3 Å². The topological polar surface area (TPSA) is 76.5 Å². The number of aromatic nitrogens is 2. The summed E-state index contributed by atoms with van der Waals surface area (Å²) in [6.07, 6.45) is 0. The van der Waals surface area contributed by atoms with E-state index < -0.39 is 0 Å². The van der Waals surface area contributed by atoms with Crippen LogP contribution in [0, 0.1) is 6.92 Å². The van der Waals surface area contributed by atoms with Crippen molar-refractivity contribution in [3.63, 3.8) is 0 Å². The molecule has 174 valence electrons. The number of anilines is 1. The Hall–Kier alpha value is -3.61. The number of hydrogen-bond acceptors (Lipinski definition) is 4. The molecule has 2 aromatic carbocycles. The molecule has 0 saturated heterocycles. The standard InChI is InChI=1S/C26H32N4O3/c1-7-29(25(32)21-11-9-8-10-18(21)2)17-24(31)27-23-16-22(26(3,4)5)28-30(23)19-12-14-20(33-6)15-13-19/h8-16H,7,17H2,1-6H3,(H,27,31). The number of benzene rings is 2. The van der Waals surface area contributed by atoms with Crippen molar-refractivity contribution in [1.29, 1.82) is 0 Å². The quantitative estimate of drug-likeness (QED) is 0.574. The van der Waals surface area contributed by atoms with Gasteiger partial charge in [0.15, 0.2) is 0 Å². The number of ether oxygens (including phenoxy) is 1. The number of nitrogens with zero attached hydrogens (tertiary/aromatic N) is 3.